The van der Waals surface area contributed by atoms with E-state index in [1.165, 1.54) is 12.4 Å². The van der Waals surface area contributed by atoms with Crippen LogP contribution >= 0.6 is 0 Å². The summed E-state index contributed by atoms with van der Waals surface area (Å²) in [6.45, 7) is 1.91. The zero-order valence-corrected chi connectivity index (χ0v) is 19.5. The molecule has 9 nitrogen and oxygen atoms in total. The largest absolute Gasteiger partial charge is 0.465 e. The third-order valence-electron chi connectivity index (χ3n) is 7.11. The van der Waals surface area contributed by atoms with Gasteiger partial charge in [-0.25, -0.2) is 27.9 Å². The van der Waals surface area contributed by atoms with E-state index in [4.69, 9.17) is 0 Å². The van der Waals surface area contributed by atoms with Crippen molar-refractivity contribution in [2.24, 2.45) is 0 Å². The molecule has 12 heteroatoms. The summed E-state index contributed by atoms with van der Waals surface area (Å²) in [4.78, 5) is 36.9. The Labute approximate surface area is 205 Å². The molecule has 1 aromatic carbocycles. The number of benzene rings is 1. The topological polar surface area (TPSA) is 111 Å². The standard InChI is InChI=1S/C24H27F3N6O3/c25-18-8-20(27)19(26)7-16(18)17-11-32(12-21(17)31-24(35)36)23-29-9-13(10-30-23)22(34)33(14-1-2-14)15-3-5-28-6-4-15/h7-10,14-15,17,21,28,31H,1-6,11-12H2,(H,35,36)/t17?,21-/m1/s1. The molecule has 3 fully saturated rings. The third-order valence-corrected chi connectivity index (χ3v) is 7.11. The van der Waals surface area contributed by atoms with Gasteiger partial charge in [-0.05, 0) is 50.4 Å². The van der Waals surface area contributed by atoms with Gasteiger partial charge >= 0.3 is 6.09 Å². The summed E-state index contributed by atoms with van der Waals surface area (Å²) in [6, 6.07) is 0.825. The van der Waals surface area contributed by atoms with Crippen LogP contribution in [0.15, 0.2) is 24.5 Å². The lowest BCUT2D eigenvalue weighted by molar-refractivity contribution is 0.0622. The molecular formula is C24H27F3N6O3. The predicted molar refractivity (Wildman–Crippen MR) is 123 cm³/mol. The second-order valence-corrected chi connectivity index (χ2v) is 9.55. The molecule has 2 atom stereocenters. The molecule has 1 saturated carbocycles. The lowest BCUT2D eigenvalue weighted by Crippen LogP contribution is -2.47. The van der Waals surface area contributed by atoms with Gasteiger partial charge < -0.3 is 25.5 Å². The summed E-state index contributed by atoms with van der Waals surface area (Å²) in [5, 5.41) is 14.9. The van der Waals surface area contributed by atoms with Crippen molar-refractivity contribution in [3.63, 3.8) is 0 Å². The maximum absolute atomic E-state index is 14.5. The van der Waals surface area contributed by atoms with Gasteiger partial charge in [0.15, 0.2) is 11.6 Å². The van der Waals surface area contributed by atoms with Crippen LogP contribution in [0.2, 0.25) is 0 Å². The fourth-order valence-electron chi connectivity index (χ4n) is 5.22. The van der Waals surface area contributed by atoms with E-state index in [1.807, 2.05) is 4.90 Å². The maximum Gasteiger partial charge on any atom is 0.404 e. The van der Waals surface area contributed by atoms with Crippen molar-refractivity contribution in [1.29, 1.82) is 0 Å². The van der Waals surface area contributed by atoms with Crippen molar-refractivity contribution in [2.45, 2.75) is 49.7 Å². The number of rotatable bonds is 6. The number of halogens is 3. The van der Waals surface area contributed by atoms with E-state index < -0.39 is 35.5 Å². The zero-order chi connectivity index (χ0) is 25.4. The molecule has 0 bridgehead atoms. The van der Waals surface area contributed by atoms with Crippen molar-refractivity contribution in [3.05, 3.63) is 53.1 Å². The van der Waals surface area contributed by atoms with Crippen LogP contribution in [0, 0.1) is 17.5 Å². The smallest absolute Gasteiger partial charge is 0.404 e. The summed E-state index contributed by atoms with van der Waals surface area (Å²) >= 11 is 0. The third kappa shape index (κ3) is 4.95. The van der Waals surface area contributed by atoms with Crippen molar-refractivity contribution in [1.82, 2.24) is 25.5 Å². The van der Waals surface area contributed by atoms with Crippen LogP contribution in [-0.2, 0) is 0 Å². The molecule has 2 amide bonds. The van der Waals surface area contributed by atoms with E-state index in [9.17, 15) is 27.9 Å². The Morgan fingerprint density at radius 3 is 2.25 bits per heavy atom. The number of amides is 2. The van der Waals surface area contributed by atoms with Crippen LogP contribution in [-0.4, -0.2) is 76.3 Å². The average Bonchev–Trinajstić information content (AvgIpc) is 3.61. The highest BCUT2D eigenvalue weighted by Crippen LogP contribution is 2.34. The normalized spacial score (nSPS) is 22.5. The number of hydrogen-bond donors (Lipinski definition) is 3. The lowest BCUT2D eigenvalue weighted by Gasteiger charge is -2.35. The van der Waals surface area contributed by atoms with E-state index in [0.717, 1.165) is 44.8 Å². The first-order chi connectivity index (χ1) is 17.3. The highest BCUT2D eigenvalue weighted by molar-refractivity contribution is 5.94. The Morgan fingerprint density at radius 1 is 0.972 bits per heavy atom. The van der Waals surface area contributed by atoms with Gasteiger partial charge in [0.1, 0.15) is 5.82 Å². The number of hydrogen-bond acceptors (Lipinski definition) is 6. The highest BCUT2D eigenvalue weighted by atomic mass is 19.2. The first-order valence-electron chi connectivity index (χ1n) is 12.1. The van der Waals surface area contributed by atoms with E-state index in [-0.39, 0.29) is 42.6 Å². The SMILES string of the molecule is O=C(O)N[C@@H]1CN(c2ncc(C(=O)N(C3CCNCC3)C3CC3)cn2)CC1c1cc(F)c(F)cc1F. The first kappa shape index (κ1) is 24.3. The minimum absolute atomic E-state index is 0.0729. The second kappa shape index (κ2) is 9.92. The molecule has 1 unspecified atom stereocenters. The summed E-state index contributed by atoms with van der Waals surface area (Å²) in [5.74, 6) is -4.17. The molecular weight excluding hydrogens is 477 g/mol. The fraction of sp³-hybridized carbons (Fsp3) is 0.500. The van der Waals surface area contributed by atoms with Crippen LogP contribution in [0.3, 0.4) is 0 Å². The van der Waals surface area contributed by atoms with Gasteiger partial charge in [-0.3, -0.25) is 4.79 Å². The average molecular weight is 505 g/mol. The number of carbonyl (C=O) groups excluding carboxylic acids is 1. The van der Waals surface area contributed by atoms with Crippen molar-refractivity contribution < 1.29 is 27.9 Å². The number of carbonyl (C=O) groups is 2. The number of piperidine rings is 1. The van der Waals surface area contributed by atoms with Gasteiger partial charge in [0.25, 0.3) is 5.91 Å². The Morgan fingerprint density at radius 2 is 1.61 bits per heavy atom. The van der Waals surface area contributed by atoms with Crippen molar-refractivity contribution in [2.75, 3.05) is 31.1 Å². The molecule has 3 N–H and O–H groups in total. The van der Waals surface area contributed by atoms with Crippen molar-refractivity contribution in [3.8, 4) is 0 Å². The zero-order valence-electron chi connectivity index (χ0n) is 19.5. The van der Waals surface area contributed by atoms with E-state index >= 15 is 0 Å². The summed E-state index contributed by atoms with van der Waals surface area (Å²) < 4.78 is 41.8. The molecule has 0 spiro atoms. The Bertz CT molecular complexity index is 1140. The molecule has 1 aliphatic carbocycles. The number of nitrogens with one attached hydrogen (secondary N) is 2. The van der Waals surface area contributed by atoms with Crippen LogP contribution in [0.5, 0.6) is 0 Å². The molecule has 2 saturated heterocycles. The fourth-order valence-corrected chi connectivity index (χ4v) is 5.22. The number of aromatic nitrogens is 2. The summed E-state index contributed by atoms with van der Waals surface area (Å²) in [5.41, 5.74) is 0.232. The minimum Gasteiger partial charge on any atom is -0.465 e. The Kier molecular flexibility index (Phi) is 6.69. The molecule has 2 aliphatic heterocycles. The summed E-state index contributed by atoms with van der Waals surface area (Å²) in [7, 11) is 0. The van der Waals surface area contributed by atoms with Gasteiger partial charge in [-0.15, -0.1) is 0 Å². The van der Waals surface area contributed by atoms with Crippen LogP contribution in [0.4, 0.5) is 23.9 Å². The minimum atomic E-state index is -1.32. The van der Waals surface area contributed by atoms with E-state index in [2.05, 4.69) is 20.6 Å². The Balaban J connectivity index is 1.35. The van der Waals surface area contributed by atoms with E-state index in [0.29, 0.717) is 11.6 Å². The second-order valence-electron chi connectivity index (χ2n) is 9.55. The maximum atomic E-state index is 14.5. The molecule has 5 rings (SSSR count). The predicted octanol–water partition coefficient (Wildman–Crippen LogP) is 2.49. The van der Waals surface area contributed by atoms with Gasteiger partial charge in [0.05, 0.1) is 11.6 Å². The lowest BCUT2D eigenvalue weighted by atomic mass is 9.93. The van der Waals surface area contributed by atoms with Gasteiger partial charge in [-0.2, -0.15) is 0 Å². The summed E-state index contributed by atoms with van der Waals surface area (Å²) in [6.07, 6.45) is 5.35. The Hall–Kier alpha value is -3.41. The number of nitrogens with zero attached hydrogens (tertiary/aromatic N) is 4. The van der Waals surface area contributed by atoms with Gasteiger partial charge in [0, 0.05) is 49.6 Å². The van der Waals surface area contributed by atoms with Crippen LogP contribution in [0.1, 0.15) is 47.5 Å². The molecule has 192 valence electrons. The molecule has 3 heterocycles. The number of anilines is 1. The quantitative estimate of drug-likeness (QED) is 0.519. The van der Waals surface area contributed by atoms with Crippen LogP contribution < -0.4 is 15.5 Å². The molecule has 0 radical (unpaired) electrons. The molecule has 2 aromatic rings. The van der Waals surface area contributed by atoms with Crippen molar-refractivity contribution >= 4 is 17.9 Å². The van der Waals surface area contributed by atoms with Gasteiger partial charge in [0.2, 0.25) is 5.95 Å². The number of carboxylic acid groups (broad SMARTS) is 1. The van der Waals surface area contributed by atoms with E-state index in [1.54, 1.807) is 4.90 Å². The molecule has 36 heavy (non-hydrogen) atoms. The monoisotopic (exact) mass is 504 g/mol. The van der Waals surface area contributed by atoms with Gasteiger partial charge in [-0.1, -0.05) is 0 Å². The highest BCUT2D eigenvalue weighted by Gasteiger charge is 2.40. The first-order valence-corrected chi connectivity index (χ1v) is 12.1. The molecule has 3 aliphatic rings. The van der Waals surface area contributed by atoms with Crippen LogP contribution in [0.25, 0.3) is 0 Å². The molecule has 1 aromatic heterocycles.